The van der Waals surface area contributed by atoms with Crippen LogP contribution in [0.5, 0.6) is 5.75 Å². The number of aliphatic hydroxyl groups is 2. The third-order valence-electron chi connectivity index (χ3n) is 5.98. The van der Waals surface area contributed by atoms with Crippen LogP contribution in [0.25, 0.3) is 0 Å². The third kappa shape index (κ3) is 20.3. The van der Waals surface area contributed by atoms with Crippen LogP contribution in [0.1, 0.15) is 135 Å². The van der Waals surface area contributed by atoms with Gasteiger partial charge in [-0.3, -0.25) is 4.79 Å². The van der Waals surface area contributed by atoms with E-state index in [0.29, 0.717) is 24.1 Å². The normalized spacial score (nSPS) is 12.2. The molecular formula is C29H53NO5. The van der Waals surface area contributed by atoms with Gasteiger partial charge < -0.3 is 25.7 Å². The Morgan fingerprint density at radius 3 is 1.80 bits per heavy atom. The van der Waals surface area contributed by atoms with Crippen molar-refractivity contribution in [3.8, 4) is 5.75 Å². The number of aliphatic hydroxyl groups excluding tert-OH is 2. The van der Waals surface area contributed by atoms with Gasteiger partial charge in [-0.05, 0) is 44.9 Å². The number of β-amino-alcohol motifs (C(OH)–C–C–N with tert-alkyl or cyclic N) is 1. The molecule has 0 aliphatic carbocycles. The van der Waals surface area contributed by atoms with Crippen molar-refractivity contribution in [2.45, 2.75) is 136 Å². The molecule has 1 atom stereocenters. The number of unbranched alkanes of at least 4 members (excludes halogenated alkanes) is 12. The van der Waals surface area contributed by atoms with Gasteiger partial charge in [-0.2, -0.15) is 0 Å². The number of rotatable bonds is 18. The van der Waals surface area contributed by atoms with Crippen LogP contribution in [-0.2, 0) is 11.4 Å². The molecule has 0 aliphatic rings. The molecule has 204 valence electrons. The van der Waals surface area contributed by atoms with Gasteiger partial charge in [0.2, 0.25) is 0 Å². The monoisotopic (exact) mass is 495 g/mol. The maximum atomic E-state index is 10.3. The van der Waals surface area contributed by atoms with E-state index in [0.717, 1.165) is 12.8 Å². The van der Waals surface area contributed by atoms with Crippen molar-refractivity contribution in [2.75, 3.05) is 6.54 Å². The van der Waals surface area contributed by atoms with E-state index >= 15 is 0 Å². The molecule has 1 rings (SSSR count). The molecule has 0 amide bonds. The second kappa shape index (κ2) is 20.6. The lowest BCUT2D eigenvalue weighted by Gasteiger charge is -2.23. The molecule has 35 heavy (non-hydrogen) atoms. The van der Waals surface area contributed by atoms with Gasteiger partial charge in [0.15, 0.2) is 0 Å². The molecule has 0 unspecified atom stereocenters. The van der Waals surface area contributed by atoms with Gasteiger partial charge in [-0.15, -0.1) is 0 Å². The molecule has 1 aromatic carbocycles. The molecule has 0 aliphatic heterocycles. The van der Waals surface area contributed by atoms with Crippen molar-refractivity contribution in [1.29, 1.82) is 0 Å². The number of carboxylic acid groups (broad SMARTS) is 1. The number of aliphatic carboxylic acids is 1. The Labute approximate surface area is 214 Å². The molecule has 0 saturated carbocycles. The summed E-state index contributed by atoms with van der Waals surface area (Å²) in [6.45, 7) is 8.52. The van der Waals surface area contributed by atoms with Crippen LogP contribution in [-0.4, -0.2) is 38.5 Å². The van der Waals surface area contributed by atoms with E-state index in [9.17, 15) is 15.0 Å². The lowest BCUT2D eigenvalue weighted by Crippen LogP contribution is -2.38. The lowest BCUT2D eigenvalue weighted by molar-refractivity contribution is -0.137. The molecule has 1 aromatic rings. The fourth-order valence-corrected chi connectivity index (χ4v) is 3.75. The molecule has 5 N–H and O–H groups in total. The highest BCUT2D eigenvalue weighted by Crippen LogP contribution is 2.22. The van der Waals surface area contributed by atoms with E-state index in [4.69, 9.17) is 10.2 Å². The largest absolute Gasteiger partial charge is 0.508 e. The van der Waals surface area contributed by atoms with Gasteiger partial charge in [-0.1, -0.05) is 90.0 Å². The number of hydrogen-bond acceptors (Lipinski definition) is 5. The van der Waals surface area contributed by atoms with E-state index in [2.05, 4.69) is 12.2 Å². The van der Waals surface area contributed by atoms with E-state index < -0.39 is 12.1 Å². The summed E-state index contributed by atoms with van der Waals surface area (Å²) in [6, 6.07) is 4.76. The number of aromatic hydroxyl groups is 1. The molecule has 0 fully saturated rings. The van der Waals surface area contributed by atoms with Crippen molar-refractivity contribution in [3.05, 3.63) is 29.3 Å². The number of benzene rings is 1. The number of hydrogen-bond donors (Lipinski definition) is 5. The van der Waals surface area contributed by atoms with Gasteiger partial charge in [0.25, 0.3) is 0 Å². The molecular weight excluding hydrogens is 442 g/mol. The summed E-state index contributed by atoms with van der Waals surface area (Å²) in [4.78, 5) is 10.3. The van der Waals surface area contributed by atoms with Gasteiger partial charge in [-0.25, -0.2) is 0 Å². The Morgan fingerprint density at radius 1 is 0.886 bits per heavy atom. The Hall–Kier alpha value is -1.63. The highest BCUT2D eigenvalue weighted by molar-refractivity contribution is 5.66. The van der Waals surface area contributed by atoms with Crippen molar-refractivity contribution in [1.82, 2.24) is 5.32 Å². The first-order valence-corrected chi connectivity index (χ1v) is 13.7. The summed E-state index contributed by atoms with van der Waals surface area (Å²) in [6.07, 6.45) is 16.6. The smallest absolute Gasteiger partial charge is 0.303 e. The topological polar surface area (TPSA) is 110 Å². The summed E-state index contributed by atoms with van der Waals surface area (Å²) in [5, 5.41) is 40.1. The third-order valence-corrected chi connectivity index (χ3v) is 5.98. The quantitative estimate of drug-likeness (QED) is 0.142. The average molecular weight is 496 g/mol. The van der Waals surface area contributed by atoms with E-state index in [1.165, 1.54) is 76.7 Å². The predicted octanol–water partition coefficient (Wildman–Crippen LogP) is 6.86. The van der Waals surface area contributed by atoms with Gasteiger partial charge in [0.1, 0.15) is 5.75 Å². The molecule has 0 aromatic heterocycles. The predicted molar refractivity (Wildman–Crippen MR) is 145 cm³/mol. The summed E-state index contributed by atoms with van der Waals surface area (Å²) in [7, 11) is 0. The zero-order valence-corrected chi connectivity index (χ0v) is 22.8. The van der Waals surface area contributed by atoms with Crippen LogP contribution in [0.4, 0.5) is 0 Å². The second-order valence-electron chi connectivity index (χ2n) is 10.6. The van der Waals surface area contributed by atoms with Crippen LogP contribution in [0, 0.1) is 0 Å². The Bertz CT molecular complexity index is 657. The molecule has 0 spiro atoms. The minimum Gasteiger partial charge on any atom is -0.508 e. The first kappa shape index (κ1) is 33.4. The maximum Gasteiger partial charge on any atom is 0.303 e. The average Bonchev–Trinajstić information content (AvgIpc) is 2.80. The Morgan fingerprint density at radius 2 is 1.37 bits per heavy atom. The van der Waals surface area contributed by atoms with Crippen molar-refractivity contribution >= 4 is 5.97 Å². The summed E-state index contributed by atoms with van der Waals surface area (Å²) >= 11 is 0. The standard InChI is InChI=1S/C16H32O2.C13H21NO3/c1-2-3-4-5-6-7-8-9-10-11-12-13-14-15-16(17)18;1-13(2,3)14-7-12(17)9-4-5-11(16)10(6-9)8-15/h2-15H2,1H3,(H,17,18);4-6,12,14-17H,7-8H2,1-3H3/t;12-/m.0/s1. The lowest BCUT2D eigenvalue weighted by atomic mass is 10.0. The zero-order valence-electron chi connectivity index (χ0n) is 22.8. The zero-order chi connectivity index (χ0) is 26.5. The highest BCUT2D eigenvalue weighted by Gasteiger charge is 2.14. The summed E-state index contributed by atoms with van der Waals surface area (Å²) in [5.74, 6) is -0.606. The van der Waals surface area contributed by atoms with Crippen molar-refractivity contribution < 1.29 is 25.2 Å². The minimum atomic E-state index is -0.655. The highest BCUT2D eigenvalue weighted by atomic mass is 16.4. The number of carbonyl (C=O) groups is 1. The molecule has 0 radical (unpaired) electrons. The van der Waals surface area contributed by atoms with Crippen LogP contribution in [0.3, 0.4) is 0 Å². The molecule has 0 bridgehead atoms. The Balaban J connectivity index is 0.000000661. The first-order valence-electron chi connectivity index (χ1n) is 13.7. The number of nitrogens with one attached hydrogen (secondary N) is 1. The van der Waals surface area contributed by atoms with Crippen LogP contribution >= 0.6 is 0 Å². The van der Waals surface area contributed by atoms with E-state index in [1.807, 2.05) is 20.8 Å². The van der Waals surface area contributed by atoms with Gasteiger partial charge >= 0.3 is 5.97 Å². The van der Waals surface area contributed by atoms with Crippen LogP contribution in [0.15, 0.2) is 18.2 Å². The first-order chi connectivity index (χ1) is 16.6. The van der Waals surface area contributed by atoms with Crippen LogP contribution < -0.4 is 5.32 Å². The van der Waals surface area contributed by atoms with E-state index in [-0.39, 0.29) is 17.9 Å². The fraction of sp³-hybridized carbons (Fsp3) is 0.759. The Kier molecular flexibility index (Phi) is 19.6. The van der Waals surface area contributed by atoms with Crippen molar-refractivity contribution in [3.63, 3.8) is 0 Å². The summed E-state index contributed by atoms with van der Waals surface area (Å²) in [5.41, 5.74) is 1.05. The second-order valence-corrected chi connectivity index (χ2v) is 10.6. The van der Waals surface area contributed by atoms with Gasteiger partial charge in [0.05, 0.1) is 12.7 Å². The minimum absolute atomic E-state index is 0.0484. The number of carboxylic acids is 1. The van der Waals surface area contributed by atoms with Crippen molar-refractivity contribution in [2.24, 2.45) is 0 Å². The van der Waals surface area contributed by atoms with E-state index in [1.54, 1.807) is 12.1 Å². The maximum absolute atomic E-state index is 10.3. The molecule has 0 heterocycles. The molecule has 6 heteroatoms. The fourth-order valence-electron chi connectivity index (χ4n) is 3.75. The number of phenols is 1. The van der Waals surface area contributed by atoms with Crippen LogP contribution in [0.2, 0.25) is 0 Å². The summed E-state index contributed by atoms with van der Waals surface area (Å²) < 4.78 is 0. The van der Waals surface area contributed by atoms with Gasteiger partial charge in [0, 0.05) is 24.1 Å². The molecule has 0 saturated heterocycles. The molecule has 6 nitrogen and oxygen atoms in total. The SMILES string of the molecule is CC(C)(C)NC[C@H](O)c1ccc(O)c(CO)c1.CCCCCCCCCCCCCCCC(=O)O.